The number of halogens is 1. The van der Waals surface area contributed by atoms with Crippen LogP contribution in [0.3, 0.4) is 0 Å². The summed E-state index contributed by atoms with van der Waals surface area (Å²) in [5, 5.41) is 23.5. The van der Waals surface area contributed by atoms with Crippen LogP contribution in [0.4, 0.5) is 0 Å². The third-order valence-electron chi connectivity index (χ3n) is 3.45. The van der Waals surface area contributed by atoms with Crippen molar-refractivity contribution in [1.29, 1.82) is 5.26 Å². The zero-order valence-electron chi connectivity index (χ0n) is 12.7. The summed E-state index contributed by atoms with van der Waals surface area (Å²) >= 11 is 6.05. The highest BCUT2D eigenvalue weighted by Crippen LogP contribution is 2.33. The molecule has 0 unspecified atom stereocenters. The Balaban J connectivity index is 2.07. The van der Waals surface area contributed by atoms with Gasteiger partial charge < -0.3 is 5.11 Å². The highest BCUT2D eigenvalue weighted by Gasteiger charge is 2.15. The minimum Gasteiger partial charge on any atom is -0.508 e. The zero-order valence-corrected chi connectivity index (χ0v) is 13.5. The normalized spacial score (nSPS) is 10.5. The highest BCUT2D eigenvalue weighted by molar-refractivity contribution is 6.31. The van der Waals surface area contributed by atoms with Gasteiger partial charge in [0.25, 0.3) is 0 Å². The maximum absolute atomic E-state index is 9.82. The summed E-state index contributed by atoms with van der Waals surface area (Å²) in [7, 11) is 0. The van der Waals surface area contributed by atoms with Gasteiger partial charge in [0.2, 0.25) is 0 Å². The van der Waals surface area contributed by atoms with Gasteiger partial charge in [0.1, 0.15) is 17.8 Å². The van der Waals surface area contributed by atoms with Crippen LogP contribution in [0.1, 0.15) is 12.8 Å². The minimum atomic E-state index is 0.0742. The number of unbranched alkanes of at least 4 members (excludes halogenated alkanes) is 1. The summed E-state index contributed by atoms with van der Waals surface area (Å²) < 4.78 is 1.78. The fourth-order valence-corrected chi connectivity index (χ4v) is 2.65. The topological polar surface area (TPSA) is 87.6 Å². The monoisotopic (exact) mass is 339 g/mol. The first-order chi connectivity index (χ1) is 11.7. The largest absolute Gasteiger partial charge is 0.508 e. The Labute approximate surface area is 144 Å². The fourth-order valence-electron chi connectivity index (χ4n) is 2.42. The van der Waals surface area contributed by atoms with E-state index < -0.39 is 0 Å². The van der Waals surface area contributed by atoms with Crippen molar-refractivity contribution in [1.82, 2.24) is 19.7 Å². The van der Waals surface area contributed by atoms with Crippen LogP contribution in [0.25, 0.3) is 22.5 Å². The third kappa shape index (κ3) is 3.53. The summed E-state index contributed by atoms with van der Waals surface area (Å²) in [4.78, 5) is 8.21. The fraction of sp³-hybridized carbons (Fsp3) is 0.176. The smallest absolute Gasteiger partial charge is 0.117 e. The average molecular weight is 340 g/mol. The standard InChI is InChI=1S/C17H14ClN5O/c18-13-7-12(8-14(24)9-13)17-15(16-3-5-20-11-21-16)10-23(22-17)6-2-1-4-19/h3,5,7-11,24H,1-2,6H2. The molecule has 0 saturated heterocycles. The van der Waals surface area contributed by atoms with Crippen LogP contribution in [0.2, 0.25) is 5.02 Å². The first-order valence-corrected chi connectivity index (χ1v) is 7.76. The van der Waals surface area contributed by atoms with Crippen LogP contribution < -0.4 is 0 Å². The van der Waals surface area contributed by atoms with Crippen LogP contribution in [-0.4, -0.2) is 24.9 Å². The number of hydrogen-bond donors (Lipinski definition) is 1. The van der Waals surface area contributed by atoms with E-state index in [9.17, 15) is 5.11 Å². The Morgan fingerprint density at radius 1 is 1.29 bits per heavy atom. The van der Waals surface area contributed by atoms with Crippen molar-refractivity contribution in [3.63, 3.8) is 0 Å². The van der Waals surface area contributed by atoms with Crippen LogP contribution in [0.5, 0.6) is 5.75 Å². The van der Waals surface area contributed by atoms with Gasteiger partial charge in [-0.3, -0.25) is 4.68 Å². The molecule has 0 aliphatic carbocycles. The summed E-state index contributed by atoms with van der Waals surface area (Å²) in [6, 6.07) is 8.75. The maximum atomic E-state index is 9.82. The van der Waals surface area contributed by atoms with E-state index in [1.165, 1.54) is 12.4 Å². The van der Waals surface area contributed by atoms with E-state index in [0.29, 0.717) is 35.7 Å². The van der Waals surface area contributed by atoms with E-state index in [-0.39, 0.29) is 5.75 Å². The van der Waals surface area contributed by atoms with Crippen LogP contribution >= 0.6 is 11.6 Å². The van der Waals surface area contributed by atoms with Crippen LogP contribution in [0.15, 0.2) is 43.0 Å². The molecule has 1 aromatic carbocycles. The Kier molecular flexibility index (Phi) is 4.73. The van der Waals surface area contributed by atoms with Crippen molar-refractivity contribution in [2.45, 2.75) is 19.4 Å². The van der Waals surface area contributed by atoms with E-state index in [2.05, 4.69) is 21.1 Å². The molecule has 24 heavy (non-hydrogen) atoms. The molecule has 6 nitrogen and oxygen atoms in total. The molecule has 3 rings (SSSR count). The van der Waals surface area contributed by atoms with Crippen molar-refractivity contribution >= 4 is 11.6 Å². The molecule has 0 aliphatic heterocycles. The summed E-state index contributed by atoms with van der Waals surface area (Å²) in [5.74, 6) is 0.0742. The van der Waals surface area contributed by atoms with Gasteiger partial charge in [-0.25, -0.2) is 9.97 Å². The summed E-state index contributed by atoms with van der Waals surface area (Å²) in [6.07, 6.45) is 6.20. The Morgan fingerprint density at radius 2 is 2.17 bits per heavy atom. The molecule has 0 radical (unpaired) electrons. The van der Waals surface area contributed by atoms with E-state index in [1.807, 2.05) is 6.20 Å². The van der Waals surface area contributed by atoms with Gasteiger partial charge in [0.15, 0.2) is 0 Å². The molecular formula is C17H14ClN5O. The van der Waals surface area contributed by atoms with Crippen molar-refractivity contribution in [2.24, 2.45) is 0 Å². The SMILES string of the molecule is N#CCCCn1cc(-c2ccncn2)c(-c2cc(O)cc(Cl)c2)n1. The number of aromatic hydroxyl groups is 1. The first kappa shape index (κ1) is 16.0. The van der Waals surface area contributed by atoms with Crippen molar-refractivity contribution in [3.05, 3.63) is 48.0 Å². The number of aromatic nitrogens is 4. The first-order valence-electron chi connectivity index (χ1n) is 7.38. The molecular weight excluding hydrogens is 326 g/mol. The second-order valence-electron chi connectivity index (χ2n) is 5.21. The highest BCUT2D eigenvalue weighted by atomic mass is 35.5. The second kappa shape index (κ2) is 7.11. The average Bonchev–Trinajstić information content (AvgIpc) is 2.99. The molecule has 0 bridgehead atoms. The quantitative estimate of drug-likeness (QED) is 0.716. The maximum Gasteiger partial charge on any atom is 0.117 e. The lowest BCUT2D eigenvalue weighted by Gasteiger charge is -2.03. The molecule has 0 aliphatic rings. The minimum absolute atomic E-state index is 0.0742. The van der Waals surface area contributed by atoms with E-state index in [1.54, 1.807) is 29.1 Å². The van der Waals surface area contributed by atoms with Crippen molar-refractivity contribution in [2.75, 3.05) is 0 Å². The molecule has 0 spiro atoms. The van der Waals surface area contributed by atoms with Gasteiger partial charge in [-0.2, -0.15) is 10.4 Å². The number of nitrogens with zero attached hydrogens (tertiary/aromatic N) is 5. The van der Waals surface area contributed by atoms with Crippen molar-refractivity contribution < 1.29 is 5.11 Å². The molecule has 0 amide bonds. The number of phenolic OH excluding ortho intramolecular Hbond substituents is 1. The molecule has 2 aromatic heterocycles. The molecule has 7 heteroatoms. The predicted octanol–water partition coefficient (Wildman–Crippen LogP) is 3.67. The molecule has 120 valence electrons. The number of nitriles is 1. The van der Waals surface area contributed by atoms with Gasteiger partial charge in [-0.15, -0.1) is 0 Å². The van der Waals surface area contributed by atoms with Gasteiger partial charge in [-0.1, -0.05) is 11.6 Å². The molecule has 0 saturated carbocycles. The zero-order chi connectivity index (χ0) is 16.9. The molecule has 2 heterocycles. The molecule has 0 fully saturated rings. The Hall–Kier alpha value is -2.91. The van der Waals surface area contributed by atoms with Crippen molar-refractivity contribution in [3.8, 4) is 34.3 Å². The Bertz CT molecular complexity index is 865. The van der Waals surface area contributed by atoms with E-state index >= 15 is 0 Å². The third-order valence-corrected chi connectivity index (χ3v) is 3.67. The predicted molar refractivity (Wildman–Crippen MR) is 90.2 cm³/mol. The van der Waals surface area contributed by atoms with Gasteiger partial charge in [0.05, 0.1) is 11.8 Å². The number of hydrogen-bond acceptors (Lipinski definition) is 5. The van der Waals surface area contributed by atoms with Crippen LogP contribution in [0, 0.1) is 11.3 Å². The number of phenols is 1. The molecule has 1 N–H and O–H groups in total. The summed E-state index contributed by atoms with van der Waals surface area (Å²) in [5.41, 5.74) is 2.91. The molecule has 3 aromatic rings. The molecule has 0 atom stereocenters. The second-order valence-corrected chi connectivity index (χ2v) is 5.65. The van der Waals surface area contributed by atoms with E-state index in [4.69, 9.17) is 16.9 Å². The number of aryl methyl sites for hydroxylation is 1. The van der Waals surface area contributed by atoms with Gasteiger partial charge in [-0.05, 0) is 30.7 Å². The van der Waals surface area contributed by atoms with Gasteiger partial charge in [0, 0.05) is 41.5 Å². The Morgan fingerprint density at radius 3 is 2.88 bits per heavy atom. The lowest BCUT2D eigenvalue weighted by Crippen LogP contribution is -1.98. The summed E-state index contributed by atoms with van der Waals surface area (Å²) in [6.45, 7) is 0.623. The van der Waals surface area contributed by atoms with Crippen LogP contribution in [-0.2, 0) is 6.54 Å². The van der Waals surface area contributed by atoms with E-state index in [0.717, 1.165) is 11.3 Å². The lowest BCUT2D eigenvalue weighted by molar-refractivity contribution is 0.475. The van der Waals surface area contributed by atoms with Gasteiger partial charge >= 0.3 is 0 Å². The lowest BCUT2D eigenvalue weighted by atomic mass is 10.1. The number of benzene rings is 1. The number of rotatable bonds is 5.